The van der Waals surface area contributed by atoms with Crippen LogP contribution in [-0.2, 0) is 21.8 Å². The van der Waals surface area contributed by atoms with Crippen molar-refractivity contribution < 1.29 is 32.2 Å². The smallest absolute Gasteiger partial charge is 0.274 e. The summed E-state index contributed by atoms with van der Waals surface area (Å²) in [7, 11) is -1.88. The Labute approximate surface area is 383 Å². The number of H-pyrrole nitrogens is 1. The van der Waals surface area contributed by atoms with Crippen LogP contribution < -0.4 is 34.7 Å². The fourth-order valence-corrected chi connectivity index (χ4v) is 9.15. The lowest BCUT2D eigenvalue weighted by atomic mass is 9.92. The summed E-state index contributed by atoms with van der Waals surface area (Å²) < 4.78 is 53.8. The molecule has 1 saturated carbocycles. The molecular weight excluding hydrogens is 868 g/mol. The summed E-state index contributed by atoms with van der Waals surface area (Å²) in [6.45, 7) is 3.99. The van der Waals surface area contributed by atoms with Crippen molar-refractivity contribution in [1.29, 1.82) is 5.26 Å². The number of pyridine rings is 1. The molecule has 6 aromatic rings. The molecule has 0 radical (unpaired) electrons. The molecule has 2 aliphatic rings. The number of rotatable bonds is 16. The molecule has 1 amide bonds. The Morgan fingerprint density at radius 2 is 1.65 bits per heavy atom. The quantitative estimate of drug-likeness (QED) is 0.0796. The van der Waals surface area contributed by atoms with Crippen molar-refractivity contribution in [3.05, 3.63) is 130 Å². The standard InChI is InChI=1S/C49H51ClN6O8S/c1-3-65(59,60)54-35-12-18-46(43(27-35)44-31-55(2)49(58)47-42(44)19-22-52-47)64-40-6-4-5-39(28-40)62-26-25-61-37-20-23-56(24-21-37)36-13-7-32(8-14-36)48(57)53-34-10-16-38(17-11-34)63-41-15-9-33(30-51)45(50)29-41/h4-9,12-15,18-19,22,27-29,31,34,37-38,52,54H,3,10-11,16-17,20-21,23-26H2,1-2H3,(H,53,57)/t34-,38-. The van der Waals surface area contributed by atoms with Crippen LogP contribution in [0.3, 0.4) is 0 Å². The number of nitrogens with zero attached hydrogens (tertiary/aromatic N) is 3. The maximum atomic E-state index is 13.1. The van der Waals surface area contributed by atoms with Crippen molar-refractivity contribution in [1.82, 2.24) is 14.9 Å². The largest absolute Gasteiger partial charge is 0.491 e. The first kappa shape index (κ1) is 45.1. The molecule has 1 aliphatic heterocycles. The van der Waals surface area contributed by atoms with E-state index < -0.39 is 10.0 Å². The third-order valence-electron chi connectivity index (χ3n) is 11.9. The number of nitriles is 1. The van der Waals surface area contributed by atoms with Gasteiger partial charge in [-0.2, -0.15) is 5.26 Å². The van der Waals surface area contributed by atoms with E-state index in [9.17, 15) is 18.0 Å². The van der Waals surface area contributed by atoms with Gasteiger partial charge in [0.2, 0.25) is 10.0 Å². The summed E-state index contributed by atoms with van der Waals surface area (Å²) in [6.07, 6.45) is 8.53. The van der Waals surface area contributed by atoms with Gasteiger partial charge in [-0.1, -0.05) is 17.7 Å². The predicted molar refractivity (Wildman–Crippen MR) is 252 cm³/mol. The number of piperidine rings is 1. The number of amides is 1. The van der Waals surface area contributed by atoms with Gasteiger partial charge < -0.3 is 38.7 Å². The Hall–Kier alpha value is -6.47. The number of aromatic amines is 1. The van der Waals surface area contributed by atoms with Crippen molar-refractivity contribution >= 4 is 49.8 Å². The van der Waals surface area contributed by atoms with Crippen molar-refractivity contribution in [3.63, 3.8) is 0 Å². The maximum absolute atomic E-state index is 13.1. The van der Waals surface area contributed by atoms with Gasteiger partial charge in [-0.3, -0.25) is 14.3 Å². The van der Waals surface area contributed by atoms with Crippen LogP contribution in [0.5, 0.6) is 23.0 Å². The Kier molecular flexibility index (Phi) is 14.0. The predicted octanol–water partition coefficient (Wildman–Crippen LogP) is 8.80. The van der Waals surface area contributed by atoms with Gasteiger partial charge in [-0.05, 0) is 118 Å². The van der Waals surface area contributed by atoms with Crippen molar-refractivity contribution in [2.75, 3.05) is 41.7 Å². The van der Waals surface area contributed by atoms with Crippen LogP contribution in [0.1, 0.15) is 61.4 Å². The molecule has 3 heterocycles. The van der Waals surface area contributed by atoms with Gasteiger partial charge in [0, 0.05) is 84.2 Å². The number of anilines is 2. The second-order valence-electron chi connectivity index (χ2n) is 16.3. The first-order valence-electron chi connectivity index (χ1n) is 21.8. The topological polar surface area (TPSA) is 177 Å². The average molecular weight is 920 g/mol. The van der Waals surface area contributed by atoms with Crippen LogP contribution in [0, 0.1) is 11.3 Å². The van der Waals surface area contributed by atoms with E-state index in [1.165, 1.54) is 4.57 Å². The number of aryl methyl sites for hydroxylation is 1. The molecule has 1 aliphatic carbocycles. The van der Waals surface area contributed by atoms with Gasteiger partial charge in [0.25, 0.3) is 11.5 Å². The fourth-order valence-electron chi connectivity index (χ4n) is 8.31. The highest BCUT2D eigenvalue weighted by molar-refractivity contribution is 7.92. The average Bonchev–Trinajstić information content (AvgIpc) is 3.81. The second kappa shape index (κ2) is 20.1. The summed E-state index contributed by atoms with van der Waals surface area (Å²) in [5.41, 5.74) is 4.03. The molecule has 338 valence electrons. The highest BCUT2D eigenvalue weighted by Crippen LogP contribution is 2.39. The Bertz CT molecular complexity index is 2860. The number of ether oxygens (including phenoxy) is 4. The van der Waals surface area contributed by atoms with Gasteiger partial charge in [-0.25, -0.2) is 8.42 Å². The molecule has 3 N–H and O–H groups in total. The highest BCUT2D eigenvalue weighted by Gasteiger charge is 2.25. The molecule has 8 rings (SSSR count). The molecule has 0 spiro atoms. The SMILES string of the molecule is CCS(=O)(=O)Nc1ccc(Oc2cccc(OCCOC3CCN(c4ccc(C(=O)N[C@H]5CC[C@H](Oc6ccc(C#N)c(Cl)c6)CC5)cc4)CC3)c2)c(-c2cn(C)c(=O)c3[nH]ccc23)c1. The zero-order valence-electron chi connectivity index (χ0n) is 36.2. The van der Waals surface area contributed by atoms with E-state index in [1.807, 2.05) is 48.5 Å². The molecule has 2 aromatic heterocycles. The minimum Gasteiger partial charge on any atom is -0.491 e. The number of carbonyl (C=O) groups excluding carboxylic acids is 1. The normalized spacial score (nSPS) is 16.7. The minimum atomic E-state index is -3.54. The van der Waals surface area contributed by atoms with Crippen LogP contribution in [0.2, 0.25) is 5.02 Å². The van der Waals surface area contributed by atoms with Crippen molar-refractivity contribution in [3.8, 4) is 40.2 Å². The Morgan fingerprint density at radius 1 is 0.877 bits per heavy atom. The molecule has 0 unspecified atom stereocenters. The second-order valence-corrected chi connectivity index (χ2v) is 18.7. The molecule has 0 bridgehead atoms. The molecule has 16 heteroatoms. The number of carbonyl (C=O) groups is 1. The van der Waals surface area contributed by atoms with Crippen LogP contribution in [0.4, 0.5) is 11.4 Å². The Balaban J connectivity index is 0.787. The van der Waals surface area contributed by atoms with E-state index >= 15 is 0 Å². The van der Waals surface area contributed by atoms with E-state index in [1.54, 1.807) is 68.8 Å². The molecule has 65 heavy (non-hydrogen) atoms. The van der Waals surface area contributed by atoms with E-state index in [0.29, 0.717) is 80.1 Å². The lowest BCUT2D eigenvalue weighted by molar-refractivity contribution is 0.0202. The molecule has 4 aromatic carbocycles. The number of aromatic nitrogens is 2. The lowest BCUT2D eigenvalue weighted by Gasteiger charge is -2.33. The van der Waals surface area contributed by atoms with E-state index in [4.69, 9.17) is 35.8 Å². The van der Waals surface area contributed by atoms with Gasteiger partial charge in [0.1, 0.15) is 41.2 Å². The van der Waals surface area contributed by atoms with Gasteiger partial charge in [0.05, 0.1) is 35.2 Å². The third kappa shape index (κ3) is 11.1. The summed E-state index contributed by atoms with van der Waals surface area (Å²) in [4.78, 5) is 31.3. The molecular formula is C49H51ClN6O8S. The summed E-state index contributed by atoms with van der Waals surface area (Å²) in [5.74, 6) is 2.07. The van der Waals surface area contributed by atoms with Crippen LogP contribution in [-0.4, -0.2) is 74.2 Å². The summed E-state index contributed by atoms with van der Waals surface area (Å²) >= 11 is 6.16. The number of sulfonamides is 1. The maximum Gasteiger partial charge on any atom is 0.274 e. The monoisotopic (exact) mass is 918 g/mol. The number of fused-ring (bicyclic) bond motifs is 1. The molecule has 1 saturated heterocycles. The number of hydrogen-bond acceptors (Lipinski definition) is 10. The van der Waals surface area contributed by atoms with Crippen molar-refractivity contribution in [2.45, 2.75) is 63.7 Å². The number of benzene rings is 4. The van der Waals surface area contributed by atoms with Gasteiger partial charge in [0.15, 0.2) is 0 Å². The molecule has 2 fully saturated rings. The lowest BCUT2D eigenvalue weighted by Crippen LogP contribution is -2.39. The van der Waals surface area contributed by atoms with E-state index in [-0.39, 0.29) is 35.5 Å². The fraction of sp³-hybridized carbons (Fsp3) is 0.327. The van der Waals surface area contributed by atoms with Gasteiger partial charge in [-0.15, -0.1) is 0 Å². The summed E-state index contributed by atoms with van der Waals surface area (Å²) in [6, 6.07) is 29.2. The third-order valence-corrected chi connectivity index (χ3v) is 13.5. The van der Waals surface area contributed by atoms with E-state index in [0.717, 1.165) is 57.3 Å². The van der Waals surface area contributed by atoms with Crippen molar-refractivity contribution in [2.24, 2.45) is 7.05 Å². The highest BCUT2D eigenvalue weighted by atomic mass is 35.5. The Morgan fingerprint density at radius 3 is 2.38 bits per heavy atom. The number of nitrogens with one attached hydrogen (secondary N) is 3. The zero-order valence-corrected chi connectivity index (χ0v) is 37.8. The first-order chi connectivity index (χ1) is 31.4. The van der Waals surface area contributed by atoms with Gasteiger partial charge >= 0.3 is 0 Å². The number of halogens is 1. The minimum absolute atomic E-state index is 0.0339. The molecule has 14 nitrogen and oxygen atoms in total. The summed E-state index contributed by atoms with van der Waals surface area (Å²) in [5, 5.41) is 13.4. The number of hydrogen-bond donors (Lipinski definition) is 3. The zero-order chi connectivity index (χ0) is 45.5. The van der Waals surface area contributed by atoms with Crippen LogP contribution >= 0.6 is 11.6 Å². The first-order valence-corrected chi connectivity index (χ1v) is 23.8. The molecule has 0 atom stereocenters. The van der Waals surface area contributed by atoms with E-state index in [2.05, 4.69) is 26.0 Å². The van der Waals surface area contributed by atoms with Crippen LogP contribution in [0.25, 0.3) is 22.0 Å². The van der Waals surface area contributed by atoms with Crippen LogP contribution in [0.15, 0.2) is 108 Å².